The number of aromatic nitrogens is 2. The van der Waals surface area contributed by atoms with Gasteiger partial charge in [0.1, 0.15) is 10.0 Å². The van der Waals surface area contributed by atoms with Crippen molar-refractivity contribution in [2.75, 3.05) is 32.2 Å². The second-order valence-electron chi connectivity index (χ2n) is 19.1. The fourth-order valence-corrected chi connectivity index (χ4v) is 14.4. The maximum Gasteiger partial charge on any atom is 0.412 e. The van der Waals surface area contributed by atoms with Crippen LogP contribution < -0.4 is 27.8 Å². The average molecular weight is 936 g/mol. The van der Waals surface area contributed by atoms with E-state index < -0.39 is 81.9 Å². The van der Waals surface area contributed by atoms with E-state index in [0.29, 0.717) is 53.5 Å². The molecular formula is C44H57N9O10S2. The molecule has 21 heteroatoms. The number of carbonyl (C=O) groups excluding carboxylic acids is 6. The van der Waals surface area contributed by atoms with Crippen LogP contribution in [0.3, 0.4) is 0 Å². The summed E-state index contributed by atoms with van der Waals surface area (Å²) < 4.78 is 22.9. The average Bonchev–Trinajstić information content (AvgIpc) is 4.11. The lowest BCUT2D eigenvalue weighted by Gasteiger charge is -2.56. The predicted molar refractivity (Wildman–Crippen MR) is 237 cm³/mol. The number of carbonyl (C=O) groups is 6. The zero-order valence-corrected chi connectivity index (χ0v) is 39.2. The summed E-state index contributed by atoms with van der Waals surface area (Å²) in [6.07, 6.45) is -0.448. The highest BCUT2D eigenvalue weighted by molar-refractivity contribution is 7.10. The van der Waals surface area contributed by atoms with Crippen LogP contribution in [0, 0.1) is 5.92 Å². The zero-order valence-electron chi connectivity index (χ0n) is 37.6. The van der Waals surface area contributed by atoms with E-state index >= 15 is 0 Å². The molecule has 0 aliphatic carbocycles. The van der Waals surface area contributed by atoms with Crippen LogP contribution in [-0.4, -0.2) is 118 Å². The van der Waals surface area contributed by atoms with E-state index in [0.717, 1.165) is 11.3 Å². The molecule has 4 amide bonds. The normalized spacial score (nSPS) is 30.5. The molecule has 5 aliphatic heterocycles. The van der Waals surface area contributed by atoms with Crippen molar-refractivity contribution in [3.63, 3.8) is 0 Å². The summed E-state index contributed by atoms with van der Waals surface area (Å²) in [5.74, 6) is -5.00. The molecule has 0 spiro atoms. The molecule has 3 fully saturated rings. The number of thiazole rings is 2. The third kappa shape index (κ3) is 6.39. The Kier molecular flexibility index (Phi) is 11.5. The molecule has 4 unspecified atom stereocenters. The van der Waals surface area contributed by atoms with Gasteiger partial charge in [-0.05, 0) is 68.1 Å². The highest BCUT2D eigenvalue weighted by atomic mass is 32.1. The highest BCUT2D eigenvalue weighted by Crippen LogP contribution is 2.58. The summed E-state index contributed by atoms with van der Waals surface area (Å²) in [4.78, 5) is 98.7. The minimum Gasteiger partial charge on any atom is -0.375 e. The van der Waals surface area contributed by atoms with Gasteiger partial charge in [0.2, 0.25) is 11.1 Å². The molecule has 8 rings (SSSR count). The van der Waals surface area contributed by atoms with Crippen LogP contribution in [0.25, 0.3) is 0 Å². The van der Waals surface area contributed by atoms with Crippen molar-refractivity contribution in [2.24, 2.45) is 28.9 Å². The Morgan fingerprint density at radius 1 is 0.723 bits per heavy atom. The number of amides is 4. The Morgan fingerprint density at radius 3 is 1.62 bits per heavy atom. The van der Waals surface area contributed by atoms with Crippen LogP contribution in [-0.2, 0) is 67.6 Å². The lowest BCUT2D eigenvalue weighted by molar-refractivity contribution is -0.192. The summed E-state index contributed by atoms with van der Waals surface area (Å²) >= 11 is 2.40. The Labute approximate surface area is 384 Å². The number of primary amides is 4. The molecule has 1 aromatic carbocycles. The minimum atomic E-state index is -2.44. The van der Waals surface area contributed by atoms with Gasteiger partial charge < -0.3 is 46.8 Å². The molecule has 8 N–H and O–H groups in total. The number of nitrogens with zero attached hydrogens (tertiary/aromatic N) is 5. The van der Waals surface area contributed by atoms with Crippen molar-refractivity contribution in [1.82, 2.24) is 19.8 Å². The topological polar surface area (TPSA) is 279 Å². The highest BCUT2D eigenvalue weighted by Gasteiger charge is 2.76. The van der Waals surface area contributed by atoms with E-state index in [1.165, 1.54) is 36.9 Å². The van der Waals surface area contributed by atoms with Crippen LogP contribution >= 0.6 is 22.7 Å². The minimum absolute atomic E-state index is 0.00200. The first-order valence-corrected chi connectivity index (χ1v) is 23.4. The maximum atomic E-state index is 14.8. The number of methoxy groups -OCH3 is 2. The van der Waals surface area contributed by atoms with Crippen molar-refractivity contribution in [2.45, 2.75) is 131 Å². The van der Waals surface area contributed by atoms with Crippen LogP contribution in [0.15, 0.2) is 35.0 Å². The van der Waals surface area contributed by atoms with E-state index in [1.807, 2.05) is 12.1 Å². The molecular weight excluding hydrogens is 879 g/mol. The molecule has 350 valence electrons. The summed E-state index contributed by atoms with van der Waals surface area (Å²) in [5.41, 5.74) is 17.3. The molecule has 9 atom stereocenters. The van der Waals surface area contributed by atoms with Gasteiger partial charge in [0.15, 0.2) is 11.2 Å². The van der Waals surface area contributed by atoms with Gasteiger partial charge in [-0.1, -0.05) is 39.8 Å². The van der Waals surface area contributed by atoms with Gasteiger partial charge in [-0.15, -0.1) is 22.7 Å². The summed E-state index contributed by atoms with van der Waals surface area (Å²) in [6.45, 7) is 10.8. The number of esters is 2. The van der Waals surface area contributed by atoms with Gasteiger partial charge in [0.25, 0.3) is 11.8 Å². The second kappa shape index (κ2) is 16.1. The molecule has 19 nitrogen and oxygen atoms in total. The van der Waals surface area contributed by atoms with Gasteiger partial charge >= 0.3 is 24.1 Å². The lowest BCUT2D eigenvalue weighted by Crippen LogP contribution is -2.78. The third-order valence-corrected chi connectivity index (χ3v) is 17.3. The van der Waals surface area contributed by atoms with Gasteiger partial charge in [0.05, 0.1) is 16.9 Å². The van der Waals surface area contributed by atoms with E-state index in [-0.39, 0.29) is 37.3 Å². The van der Waals surface area contributed by atoms with Crippen LogP contribution in [0.5, 0.6) is 0 Å². The Balaban J connectivity index is 1.33. The van der Waals surface area contributed by atoms with E-state index in [4.69, 9.17) is 41.9 Å². The molecule has 4 bridgehead atoms. The Hall–Kier alpha value is -5.06. The number of rotatable bonds is 13. The summed E-state index contributed by atoms with van der Waals surface area (Å²) in [7, 11) is 2.74. The molecule has 65 heavy (non-hydrogen) atoms. The van der Waals surface area contributed by atoms with Gasteiger partial charge in [-0.3, -0.25) is 19.4 Å². The van der Waals surface area contributed by atoms with Crippen LogP contribution in [0.2, 0.25) is 0 Å². The quantitative estimate of drug-likeness (QED) is 0.142. The smallest absolute Gasteiger partial charge is 0.375 e. The van der Waals surface area contributed by atoms with Crippen molar-refractivity contribution in [3.05, 3.63) is 62.0 Å². The number of benzene rings is 1. The van der Waals surface area contributed by atoms with Crippen molar-refractivity contribution in [1.29, 1.82) is 0 Å². The summed E-state index contributed by atoms with van der Waals surface area (Å²) in [6, 6.07) is 6.36. The monoisotopic (exact) mass is 935 g/mol. The number of hydrogen-bond donors (Lipinski definition) is 4. The number of anilines is 1. The number of hydrogen-bond acceptors (Lipinski definition) is 17. The van der Waals surface area contributed by atoms with E-state index in [1.54, 1.807) is 20.6 Å². The van der Waals surface area contributed by atoms with Crippen LogP contribution in [0.1, 0.15) is 93.7 Å². The van der Waals surface area contributed by atoms with Gasteiger partial charge in [-0.25, -0.2) is 29.1 Å². The fourth-order valence-electron chi connectivity index (χ4n) is 12.3. The molecule has 2 aromatic heterocycles. The number of nitrogens with two attached hydrogens (primary N) is 4. The van der Waals surface area contributed by atoms with Crippen LogP contribution in [0.4, 0.5) is 15.3 Å². The van der Waals surface area contributed by atoms with Gasteiger partial charge in [-0.2, -0.15) is 0 Å². The molecule has 0 saturated carbocycles. The molecule has 7 heterocycles. The van der Waals surface area contributed by atoms with Gasteiger partial charge in [0, 0.05) is 74.7 Å². The number of fused-ring (bicyclic) bond motifs is 4. The summed E-state index contributed by atoms with van der Waals surface area (Å²) in [5, 5.41) is 4.24. The zero-order chi connectivity index (χ0) is 47.2. The first kappa shape index (κ1) is 46.5. The number of likely N-dealkylation sites (tertiary alicyclic amines) is 2. The largest absolute Gasteiger partial charge is 0.412 e. The standard InChI is InChI=1S/C44H57N9O10S2/c1-23-18-29(28-10-8-16-51(28)43(31(45)54,35(56)62-37(47)58)41(60-6)19-25-21-64-33(41)49-25)53(27-14-12-24(13-15-27)39(2,3)4)40(23,5)30-11-9-17-52(30)44(32(46)55,36(57)63-38(48)59)42(61-7)20-26-22-65-34(42)50-26/h12-15,21-23,28-30H,8-11,16-20H2,1-7H3,(H2,45,54)(H2,46,55)(H2,47,58)(H2,48,59)/t23?,28?,29?,30?,40-,41-,42-,43-,44-/m0/s1. The SMILES string of the molecule is CO[C@@]1([C@](C(N)=O)(C(=O)OC(N)=O)N2CCCC2C2CC(C)[C@@](C)(C3CCCN3[C@@](C(N)=O)(C(=O)OC(N)=O)[C@]3(OC)Cc4csc3n4)N2c2ccc(C(C)(C)C)cc2)Cc2csc1n2. The molecule has 3 saturated heterocycles. The Bertz CT molecular complexity index is 2440. The lowest BCUT2D eigenvalue weighted by atomic mass is 9.72. The fraction of sp³-hybridized carbons (Fsp3) is 0.591. The number of ether oxygens (including phenoxy) is 4. The molecule has 5 aliphatic rings. The van der Waals surface area contributed by atoms with E-state index in [2.05, 4.69) is 61.6 Å². The first-order chi connectivity index (χ1) is 30.6. The Morgan fingerprint density at radius 2 is 1.20 bits per heavy atom. The van der Waals surface area contributed by atoms with E-state index in [9.17, 15) is 28.8 Å². The molecule has 3 aromatic rings. The van der Waals surface area contributed by atoms with Crippen molar-refractivity contribution >= 4 is 64.3 Å². The van der Waals surface area contributed by atoms with Crippen molar-refractivity contribution < 1.29 is 47.7 Å². The predicted octanol–water partition coefficient (Wildman–Crippen LogP) is 2.69. The maximum absolute atomic E-state index is 14.8. The first-order valence-electron chi connectivity index (χ1n) is 21.7. The second-order valence-corrected chi connectivity index (χ2v) is 20.8. The third-order valence-electron chi connectivity index (χ3n) is 15.2. The van der Waals surface area contributed by atoms with Crippen molar-refractivity contribution in [3.8, 4) is 0 Å². The molecule has 0 radical (unpaired) electrons.